The van der Waals surface area contributed by atoms with E-state index in [2.05, 4.69) is 5.10 Å². The highest BCUT2D eigenvalue weighted by atomic mass is 16.5. The lowest BCUT2D eigenvalue weighted by atomic mass is 10.4. The third-order valence-corrected chi connectivity index (χ3v) is 2.45. The molecule has 0 fully saturated rings. The number of nitrogens with two attached hydrogens (primary N) is 1. The Morgan fingerprint density at radius 2 is 2.16 bits per heavy atom. The van der Waals surface area contributed by atoms with Crippen molar-refractivity contribution in [1.29, 1.82) is 0 Å². The highest BCUT2D eigenvalue weighted by Gasteiger charge is 2.05. The molecule has 0 saturated carbocycles. The van der Waals surface area contributed by atoms with Gasteiger partial charge in [-0.05, 0) is 12.1 Å². The SMILES string of the molecule is Nc1ccn(CC(=O)OCCn2ccccc2=O)n1. The molecule has 7 nitrogen and oxygen atoms in total. The van der Waals surface area contributed by atoms with Gasteiger partial charge in [0, 0.05) is 18.5 Å². The molecule has 100 valence electrons. The van der Waals surface area contributed by atoms with Gasteiger partial charge in [-0.15, -0.1) is 0 Å². The highest BCUT2D eigenvalue weighted by Crippen LogP contribution is 1.96. The van der Waals surface area contributed by atoms with Crippen LogP contribution < -0.4 is 11.3 Å². The summed E-state index contributed by atoms with van der Waals surface area (Å²) < 4.78 is 7.88. The normalized spacial score (nSPS) is 10.3. The van der Waals surface area contributed by atoms with E-state index in [0.29, 0.717) is 12.4 Å². The van der Waals surface area contributed by atoms with Crippen molar-refractivity contribution in [2.45, 2.75) is 13.1 Å². The fourth-order valence-electron chi connectivity index (χ4n) is 1.55. The second kappa shape index (κ2) is 5.85. The van der Waals surface area contributed by atoms with Gasteiger partial charge in [0.15, 0.2) is 0 Å². The van der Waals surface area contributed by atoms with Crippen molar-refractivity contribution in [3.63, 3.8) is 0 Å². The first-order valence-corrected chi connectivity index (χ1v) is 5.75. The molecule has 0 aliphatic heterocycles. The van der Waals surface area contributed by atoms with Crippen LogP contribution in [-0.2, 0) is 22.6 Å². The fourth-order valence-corrected chi connectivity index (χ4v) is 1.55. The highest BCUT2D eigenvalue weighted by molar-refractivity contribution is 5.69. The van der Waals surface area contributed by atoms with Crippen LogP contribution in [0.15, 0.2) is 41.5 Å². The second-order valence-corrected chi connectivity index (χ2v) is 3.89. The molecular weight excluding hydrogens is 248 g/mol. The van der Waals surface area contributed by atoms with Gasteiger partial charge in [-0.3, -0.25) is 14.3 Å². The molecule has 0 radical (unpaired) electrons. The van der Waals surface area contributed by atoms with Gasteiger partial charge in [0.05, 0.1) is 6.54 Å². The summed E-state index contributed by atoms with van der Waals surface area (Å²) in [6.07, 6.45) is 3.24. The van der Waals surface area contributed by atoms with Crippen LogP contribution in [0.2, 0.25) is 0 Å². The van der Waals surface area contributed by atoms with Crippen LogP contribution in [0, 0.1) is 0 Å². The number of carbonyl (C=O) groups excluding carboxylic acids is 1. The number of rotatable bonds is 5. The molecule has 19 heavy (non-hydrogen) atoms. The minimum Gasteiger partial charge on any atom is -0.462 e. The average molecular weight is 262 g/mol. The van der Waals surface area contributed by atoms with Crippen molar-refractivity contribution in [1.82, 2.24) is 14.3 Å². The lowest BCUT2D eigenvalue weighted by molar-refractivity contribution is -0.144. The van der Waals surface area contributed by atoms with Crippen molar-refractivity contribution < 1.29 is 9.53 Å². The molecule has 0 spiro atoms. The van der Waals surface area contributed by atoms with Gasteiger partial charge in [0.1, 0.15) is 19.0 Å². The topological polar surface area (TPSA) is 92.1 Å². The molecule has 2 rings (SSSR count). The maximum absolute atomic E-state index is 11.5. The lowest BCUT2D eigenvalue weighted by Crippen LogP contribution is -2.22. The third-order valence-electron chi connectivity index (χ3n) is 2.45. The molecule has 2 aromatic rings. The summed E-state index contributed by atoms with van der Waals surface area (Å²) >= 11 is 0. The van der Waals surface area contributed by atoms with Gasteiger partial charge < -0.3 is 15.0 Å². The summed E-state index contributed by atoms with van der Waals surface area (Å²) in [5.41, 5.74) is 5.30. The molecule has 0 unspecified atom stereocenters. The molecule has 0 aliphatic carbocycles. The van der Waals surface area contributed by atoms with E-state index >= 15 is 0 Å². The monoisotopic (exact) mass is 262 g/mol. The quantitative estimate of drug-likeness (QED) is 0.758. The maximum atomic E-state index is 11.5. The summed E-state index contributed by atoms with van der Waals surface area (Å²) in [5.74, 6) is -0.0734. The smallest absolute Gasteiger partial charge is 0.327 e. The van der Waals surface area contributed by atoms with Gasteiger partial charge in [-0.2, -0.15) is 5.10 Å². The lowest BCUT2D eigenvalue weighted by Gasteiger charge is -2.06. The standard InChI is InChI=1S/C12H14N4O3/c13-10-4-6-16(14-10)9-12(18)19-8-7-15-5-2-1-3-11(15)17/h1-6H,7-9H2,(H2,13,14). The Kier molecular flexibility index (Phi) is 3.97. The van der Waals surface area contributed by atoms with E-state index in [9.17, 15) is 9.59 Å². The van der Waals surface area contributed by atoms with Crippen molar-refractivity contribution in [3.8, 4) is 0 Å². The summed E-state index contributed by atoms with van der Waals surface area (Å²) in [4.78, 5) is 22.9. The first-order chi connectivity index (χ1) is 9.15. The number of ether oxygens (including phenoxy) is 1. The van der Waals surface area contributed by atoms with Crippen molar-refractivity contribution in [2.75, 3.05) is 12.3 Å². The molecule has 0 aromatic carbocycles. The number of hydrogen-bond donors (Lipinski definition) is 1. The number of aromatic nitrogens is 3. The Morgan fingerprint density at radius 3 is 2.84 bits per heavy atom. The molecular formula is C12H14N4O3. The number of hydrogen-bond acceptors (Lipinski definition) is 5. The summed E-state index contributed by atoms with van der Waals surface area (Å²) in [7, 11) is 0. The van der Waals surface area contributed by atoms with Crippen molar-refractivity contribution in [2.24, 2.45) is 0 Å². The predicted molar refractivity (Wildman–Crippen MR) is 68.3 cm³/mol. The van der Waals surface area contributed by atoms with Crippen molar-refractivity contribution in [3.05, 3.63) is 47.0 Å². The van der Waals surface area contributed by atoms with Crippen LogP contribution in [0.3, 0.4) is 0 Å². The number of nitrogens with zero attached hydrogens (tertiary/aromatic N) is 3. The minimum absolute atomic E-state index is 0.000881. The van der Waals surface area contributed by atoms with Gasteiger partial charge in [0.25, 0.3) is 5.56 Å². The molecule has 0 bridgehead atoms. The van der Waals surface area contributed by atoms with Gasteiger partial charge in [0.2, 0.25) is 0 Å². The van der Waals surface area contributed by atoms with E-state index in [1.54, 1.807) is 30.6 Å². The zero-order valence-electron chi connectivity index (χ0n) is 10.2. The first-order valence-electron chi connectivity index (χ1n) is 5.75. The van der Waals surface area contributed by atoms with Crippen LogP contribution in [0.4, 0.5) is 5.82 Å². The van der Waals surface area contributed by atoms with E-state index < -0.39 is 5.97 Å². The predicted octanol–water partition coefficient (Wildman–Crippen LogP) is -0.130. The first kappa shape index (κ1) is 12.9. The van der Waals surface area contributed by atoms with E-state index in [0.717, 1.165) is 0 Å². The summed E-state index contributed by atoms with van der Waals surface area (Å²) in [6.45, 7) is 0.465. The largest absolute Gasteiger partial charge is 0.462 e. The molecule has 2 N–H and O–H groups in total. The summed E-state index contributed by atoms with van der Waals surface area (Å²) in [6, 6.07) is 6.45. The Morgan fingerprint density at radius 1 is 1.32 bits per heavy atom. The molecule has 0 atom stereocenters. The maximum Gasteiger partial charge on any atom is 0.327 e. The third kappa shape index (κ3) is 3.70. The molecule has 2 aromatic heterocycles. The number of anilines is 1. The molecule has 0 amide bonds. The number of esters is 1. The number of carbonyl (C=O) groups is 1. The Labute approximate surface area is 109 Å². The van der Waals surface area contributed by atoms with Crippen LogP contribution in [-0.4, -0.2) is 26.9 Å². The molecule has 2 heterocycles. The van der Waals surface area contributed by atoms with Crippen LogP contribution in [0.5, 0.6) is 0 Å². The van der Waals surface area contributed by atoms with Crippen LogP contribution in [0.1, 0.15) is 0 Å². The number of nitrogen functional groups attached to an aromatic ring is 1. The Hall–Kier alpha value is -2.57. The summed E-state index contributed by atoms with van der Waals surface area (Å²) in [5, 5.41) is 3.87. The molecule has 0 aliphatic rings. The van der Waals surface area contributed by atoms with E-state index in [4.69, 9.17) is 10.5 Å². The van der Waals surface area contributed by atoms with Crippen molar-refractivity contribution >= 4 is 11.8 Å². The fraction of sp³-hybridized carbons (Fsp3) is 0.250. The van der Waals surface area contributed by atoms with E-state index in [1.165, 1.54) is 15.3 Å². The zero-order valence-corrected chi connectivity index (χ0v) is 10.2. The van der Waals surface area contributed by atoms with Gasteiger partial charge in [-0.1, -0.05) is 6.07 Å². The molecule has 7 heteroatoms. The number of pyridine rings is 1. The molecule has 0 saturated heterocycles. The van der Waals surface area contributed by atoms with Crippen LogP contribution >= 0.6 is 0 Å². The van der Waals surface area contributed by atoms with Gasteiger partial charge in [-0.25, -0.2) is 0 Å². The Bertz CT molecular complexity index is 617. The minimum atomic E-state index is -0.424. The average Bonchev–Trinajstić information content (AvgIpc) is 2.77. The van der Waals surface area contributed by atoms with Crippen LogP contribution in [0.25, 0.3) is 0 Å². The van der Waals surface area contributed by atoms with E-state index in [-0.39, 0.29) is 18.7 Å². The second-order valence-electron chi connectivity index (χ2n) is 3.89. The van der Waals surface area contributed by atoms with E-state index in [1.807, 2.05) is 0 Å². The zero-order chi connectivity index (χ0) is 13.7. The van der Waals surface area contributed by atoms with Gasteiger partial charge >= 0.3 is 5.97 Å². The Balaban J connectivity index is 1.78.